The average Bonchev–Trinajstić information content (AvgIpc) is 2.19. The monoisotopic (exact) mass is 192 g/mol. The van der Waals surface area contributed by atoms with Crippen molar-refractivity contribution in [3.8, 4) is 6.07 Å². The second-order valence-electron chi connectivity index (χ2n) is 2.33. The second kappa shape index (κ2) is 4.18. The first-order valence-corrected chi connectivity index (χ1v) is 3.88. The summed E-state index contributed by atoms with van der Waals surface area (Å²) < 4.78 is 4.69. The summed E-state index contributed by atoms with van der Waals surface area (Å²) in [6, 6.07) is 1.71. The smallest absolute Gasteiger partial charge is 0.359 e. The summed E-state index contributed by atoms with van der Waals surface area (Å²) in [7, 11) is 0. The highest BCUT2D eigenvalue weighted by atomic mass is 16.5. The maximum absolute atomic E-state index is 11.2. The molecule has 0 bridgehead atoms. The molecular formula is C8H8N4O2. The summed E-state index contributed by atoms with van der Waals surface area (Å²) >= 11 is 0. The third-order valence-electron chi connectivity index (χ3n) is 1.39. The van der Waals surface area contributed by atoms with Crippen LogP contribution in [0.5, 0.6) is 0 Å². The Labute approximate surface area is 80.3 Å². The Morgan fingerprint density at radius 1 is 1.79 bits per heavy atom. The molecule has 0 atom stereocenters. The number of aromatic nitrogens is 2. The van der Waals surface area contributed by atoms with Crippen molar-refractivity contribution in [1.82, 2.24) is 9.97 Å². The van der Waals surface area contributed by atoms with Gasteiger partial charge in [-0.1, -0.05) is 0 Å². The molecule has 6 heteroatoms. The Bertz CT molecular complexity index is 397. The highest BCUT2D eigenvalue weighted by Crippen LogP contribution is 2.08. The van der Waals surface area contributed by atoms with Crippen molar-refractivity contribution in [3.63, 3.8) is 0 Å². The summed E-state index contributed by atoms with van der Waals surface area (Å²) in [5.74, 6) is -0.758. The number of hydrogen-bond donors (Lipinski definition) is 1. The Morgan fingerprint density at radius 2 is 2.50 bits per heavy atom. The number of carbonyl (C=O) groups excluding carboxylic acids is 1. The molecule has 0 radical (unpaired) electrons. The molecule has 2 N–H and O–H groups in total. The zero-order chi connectivity index (χ0) is 10.6. The zero-order valence-electron chi connectivity index (χ0n) is 7.52. The zero-order valence-corrected chi connectivity index (χ0v) is 7.52. The lowest BCUT2D eigenvalue weighted by atomic mass is 10.3. The summed E-state index contributed by atoms with van der Waals surface area (Å²) in [6.07, 6.45) is 1.21. The van der Waals surface area contributed by atoms with Crippen molar-refractivity contribution in [2.75, 3.05) is 12.3 Å². The first-order chi connectivity index (χ1) is 6.69. The lowest BCUT2D eigenvalue weighted by Gasteiger charge is -2.02. The molecular weight excluding hydrogens is 184 g/mol. The van der Waals surface area contributed by atoms with E-state index in [1.807, 2.05) is 0 Å². The lowest BCUT2D eigenvalue weighted by Crippen LogP contribution is -2.12. The van der Waals surface area contributed by atoms with E-state index in [-0.39, 0.29) is 23.8 Å². The summed E-state index contributed by atoms with van der Waals surface area (Å²) in [4.78, 5) is 18.5. The predicted octanol–water partition coefficient (Wildman–Crippen LogP) is 0.107. The summed E-state index contributed by atoms with van der Waals surface area (Å²) in [5, 5.41) is 8.50. The van der Waals surface area contributed by atoms with E-state index in [0.717, 1.165) is 0 Å². The van der Waals surface area contributed by atoms with E-state index in [1.54, 1.807) is 13.0 Å². The van der Waals surface area contributed by atoms with Crippen molar-refractivity contribution in [1.29, 1.82) is 5.26 Å². The molecule has 0 aliphatic carbocycles. The highest BCUT2D eigenvalue weighted by molar-refractivity contribution is 5.92. The van der Waals surface area contributed by atoms with Crippen LogP contribution in [0.3, 0.4) is 0 Å². The van der Waals surface area contributed by atoms with Gasteiger partial charge in [-0.3, -0.25) is 0 Å². The Hall–Kier alpha value is -2.16. The molecule has 1 aromatic heterocycles. The van der Waals surface area contributed by atoms with Gasteiger partial charge >= 0.3 is 5.97 Å². The van der Waals surface area contributed by atoms with E-state index >= 15 is 0 Å². The minimum atomic E-state index is -0.649. The second-order valence-corrected chi connectivity index (χ2v) is 2.33. The van der Waals surface area contributed by atoms with Crippen LogP contribution in [0.4, 0.5) is 5.69 Å². The fraction of sp³-hybridized carbons (Fsp3) is 0.250. The first-order valence-electron chi connectivity index (χ1n) is 3.88. The summed E-state index contributed by atoms with van der Waals surface area (Å²) in [5.41, 5.74) is 5.47. The number of rotatable bonds is 2. The topological polar surface area (TPSA) is 102 Å². The van der Waals surface area contributed by atoms with E-state index in [1.165, 1.54) is 6.20 Å². The van der Waals surface area contributed by atoms with Crippen LogP contribution < -0.4 is 5.73 Å². The number of nitrogens with zero attached hydrogens (tertiary/aromatic N) is 3. The van der Waals surface area contributed by atoms with Crippen LogP contribution in [0, 0.1) is 11.3 Å². The minimum Gasteiger partial charge on any atom is -0.461 e. The van der Waals surface area contributed by atoms with Crippen molar-refractivity contribution >= 4 is 11.7 Å². The van der Waals surface area contributed by atoms with Crippen LogP contribution >= 0.6 is 0 Å². The van der Waals surface area contributed by atoms with Gasteiger partial charge in [0, 0.05) is 0 Å². The molecule has 0 aromatic carbocycles. The standard InChI is InChI=1S/C8H8N4O2/c1-2-14-8(13)7-5(10)4-11-6(3-9)12-7/h4H,2,10H2,1H3. The average molecular weight is 192 g/mol. The van der Waals surface area contributed by atoms with Gasteiger partial charge in [-0.05, 0) is 6.92 Å². The Balaban J connectivity index is 3.07. The molecule has 6 nitrogen and oxygen atoms in total. The molecule has 0 aliphatic heterocycles. The number of nitriles is 1. The molecule has 0 unspecified atom stereocenters. The van der Waals surface area contributed by atoms with Crippen LogP contribution in [0.15, 0.2) is 6.20 Å². The van der Waals surface area contributed by atoms with E-state index in [4.69, 9.17) is 11.0 Å². The number of esters is 1. The molecule has 0 spiro atoms. The maximum Gasteiger partial charge on any atom is 0.359 e. The molecule has 0 amide bonds. The Kier molecular flexibility index (Phi) is 2.97. The molecule has 1 aromatic rings. The van der Waals surface area contributed by atoms with Crippen LogP contribution in [0.1, 0.15) is 23.2 Å². The molecule has 1 heterocycles. The first kappa shape index (κ1) is 9.92. The third-order valence-corrected chi connectivity index (χ3v) is 1.39. The SMILES string of the molecule is CCOC(=O)c1nc(C#N)ncc1N. The number of hydrogen-bond acceptors (Lipinski definition) is 6. The van der Waals surface area contributed by atoms with Gasteiger partial charge in [-0.15, -0.1) is 0 Å². The maximum atomic E-state index is 11.2. The van der Waals surface area contributed by atoms with Crippen LogP contribution in [0.25, 0.3) is 0 Å². The normalized spacial score (nSPS) is 9.14. The number of anilines is 1. The Morgan fingerprint density at radius 3 is 3.07 bits per heavy atom. The van der Waals surface area contributed by atoms with E-state index in [2.05, 4.69) is 14.7 Å². The number of nitrogens with two attached hydrogens (primary N) is 1. The third kappa shape index (κ3) is 1.95. The quantitative estimate of drug-likeness (QED) is 0.667. The van der Waals surface area contributed by atoms with E-state index in [9.17, 15) is 4.79 Å². The lowest BCUT2D eigenvalue weighted by molar-refractivity contribution is 0.0520. The molecule has 0 aliphatic rings. The number of nitrogen functional groups attached to an aromatic ring is 1. The van der Waals surface area contributed by atoms with Crippen molar-refractivity contribution in [3.05, 3.63) is 17.7 Å². The van der Waals surface area contributed by atoms with Gasteiger partial charge in [-0.2, -0.15) is 5.26 Å². The minimum absolute atomic E-state index is 0.0709. The predicted molar refractivity (Wildman–Crippen MR) is 47.1 cm³/mol. The fourth-order valence-electron chi connectivity index (χ4n) is 0.808. The van der Waals surface area contributed by atoms with Crippen molar-refractivity contribution < 1.29 is 9.53 Å². The molecule has 0 fully saturated rings. The van der Waals surface area contributed by atoms with E-state index < -0.39 is 5.97 Å². The highest BCUT2D eigenvalue weighted by Gasteiger charge is 2.13. The van der Waals surface area contributed by atoms with Gasteiger partial charge in [0.05, 0.1) is 18.5 Å². The largest absolute Gasteiger partial charge is 0.461 e. The van der Waals surface area contributed by atoms with Crippen molar-refractivity contribution in [2.24, 2.45) is 0 Å². The van der Waals surface area contributed by atoms with Crippen molar-refractivity contribution in [2.45, 2.75) is 6.92 Å². The fourth-order valence-corrected chi connectivity index (χ4v) is 0.808. The molecule has 0 saturated heterocycles. The van der Waals surface area contributed by atoms with E-state index in [0.29, 0.717) is 0 Å². The van der Waals surface area contributed by atoms with Gasteiger partial charge in [0.1, 0.15) is 6.07 Å². The number of carbonyl (C=O) groups is 1. The number of ether oxygens (including phenoxy) is 1. The molecule has 14 heavy (non-hydrogen) atoms. The van der Waals surface area contributed by atoms with Gasteiger partial charge < -0.3 is 10.5 Å². The molecule has 1 rings (SSSR count). The van der Waals surface area contributed by atoms with Crippen LogP contribution in [-0.2, 0) is 4.74 Å². The van der Waals surface area contributed by atoms with Crippen LogP contribution in [-0.4, -0.2) is 22.5 Å². The van der Waals surface area contributed by atoms with Gasteiger partial charge in [-0.25, -0.2) is 14.8 Å². The van der Waals surface area contributed by atoms with Crippen LogP contribution in [0.2, 0.25) is 0 Å². The van der Waals surface area contributed by atoms with Gasteiger partial charge in [0.25, 0.3) is 0 Å². The molecule has 72 valence electrons. The molecule has 0 saturated carbocycles. The van der Waals surface area contributed by atoms with Gasteiger partial charge in [0.2, 0.25) is 5.82 Å². The summed E-state index contributed by atoms with van der Waals surface area (Å²) in [6.45, 7) is 1.89. The van der Waals surface area contributed by atoms with Gasteiger partial charge in [0.15, 0.2) is 5.69 Å².